The van der Waals surface area contributed by atoms with E-state index in [1.807, 2.05) is 0 Å². The molecule has 200 valence electrons. The number of rotatable bonds is 20. The van der Waals surface area contributed by atoms with Crippen molar-refractivity contribution in [2.75, 3.05) is 6.61 Å². The van der Waals surface area contributed by atoms with Gasteiger partial charge in [0.15, 0.2) is 0 Å². The van der Waals surface area contributed by atoms with Crippen LogP contribution in [0.2, 0.25) is 0 Å². The van der Waals surface area contributed by atoms with Gasteiger partial charge in [-0.05, 0) is 19.3 Å². The quantitative estimate of drug-likeness (QED) is 0.133. The number of hydrogen-bond acceptors (Lipinski definition) is 4. The van der Waals surface area contributed by atoms with Crippen LogP contribution in [0.5, 0.6) is 0 Å². The third-order valence-electron chi connectivity index (χ3n) is 5.92. The summed E-state index contributed by atoms with van der Waals surface area (Å²) in [5.41, 5.74) is -0.0790. The molecule has 0 amide bonds. The minimum atomic E-state index is -4.65. The molecule has 1 unspecified atom stereocenters. The Morgan fingerprint density at radius 1 is 0.714 bits per heavy atom. The van der Waals surface area contributed by atoms with Crippen molar-refractivity contribution in [1.82, 2.24) is 0 Å². The summed E-state index contributed by atoms with van der Waals surface area (Å²) in [6.07, 6.45) is 7.84. The van der Waals surface area contributed by atoms with Crippen molar-refractivity contribution in [3.8, 4) is 0 Å². The largest absolute Gasteiger partial charge is 0.466 e. The molecule has 0 bridgehead atoms. The SMILES string of the molecule is CCCCCCCCCCOC(=O)CCCCCCCCC(=O)OC(c1ccccc1)C(F)(F)F. The second-order valence-corrected chi connectivity index (χ2v) is 9.14. The first-order chi connectivity index (χ1) is 16.8. The number of esters is 2. The van der Waals surface area contributed by atoms with Crippen molar-refractivity contribution in [2.24, 2.45) is 0 Å². The molecule has 1 aromatic rings. The number of carbonyl (C=O) groups is 2. The summed E-state index contributed by atoms with van der Waals surface area (Å²) in [5, 5.41) is 0. The van der Waals surface area contributed by atoms with Crippen LogP contribution in [0.25, 0.3) is 0 Å². The van der Waals surface area contributed by atoms with Gasteiger partial charge in [0.2, 0.25) is 6.10 Å². The van der Waals surface area contributed by atoms with Crippen molar-refractivity contribution >= 4 is 11.9 Å². The van der Waals surface area contributed by atoms with Crippen molar-refractivity contribution < 1.29 is 32.2 Å². The zero-order valence-electron chi connectivity index (χ0n) is 21.3. The number of carbonyl (C=O) groups excluding carboxylic acids is 2. The second-order valence-electron chi connectivity index (χ2n) is 9.14. The first kappa shape index (κ1) is 31.0. The molecule has 0 aliphatic carbocycles. The van der Waals surface area contributed by atoms with Gasteiger partial charge in [0, 0.05) is 18.4 Å². The van der Waals surface area contributed by atoms with Crippen LogP contribution in [0, 0.1) is 0 Å². The number of alkyl halides is 3. The standard InChI is InChI=1S/C28H43F3O4/c1-2-3-4-5-6-9-12-18-23-34-25(32)21-16-10-7-8-11-17-22-26(33)35-27(28(29,30)31)24-19-14-13-15-20-24/h13-15,19-20,27H,2-12,16-18,21-23H2,1H3. The van der Waals surface area contributed by atoms with E-state index in [0.717, 1.165) is 44.9 Å². The average molecular weight is 501 g/mol. The van der Waals surface area contributed by atoms with Gasteiger partial charge in [0.1, 0.15) is 0 Å². The second kappa shape index (κ2) is 19.2. The molecule has 0 aromatic heterocycles. The lowest BCUT2D eigenvalue weighted by molar-refractivity contribution is -0.224. The minimum absolute atomic E-state index is 0.0372. The maximum Gasteiger partial charge on any atom is 0.429 e. The highest BCUT2D eigenvalue weighted by molar-refractivity contribution is 5.70. The van der Waals surface area contributed by atoms with Crippen LogP contribution in [-0.4, -0.2) is 24.7 Å². The van der Waals surface area contributed by atoms with E-state index < -0.39 is 18.2 Å². The fraction of sp³-hybridized carbons (Fsp3) is 0.714. The van der Waals surface area contributed by atoms with Crippen LogP contribution in [0.4, 0.5) is 13.2 Å². The Balaban J connectivity index is 2.00. The number of halogens is 3. The third kappa shape index (κ3) is 16.3. The van der Waals surface area contributed by atoms with Crippen LogP contribution >= 0.6 is 0 Å². The first-order valence-corrected chi connectivity index (χ1v) is 13.3. The van der Waals surface area contributed by atoms with Crippen LogP contribution < -0.4 is 0 Å². The number of unbranched alkanes of at least 4 members (excludes halogenated alkanes) is 12. The van der Waals surface area contributed by atoms with Crippen LogP contribution in [0.15, 0.2) is 30.3 Å². The van der Waals surface area contributed by atoms with E-state index >= 15 is 0 Å². The molecule has 7 heteroatoms. The highest BCUT2D eigenvalue weighted by Crippen LogP contribution is 2.36. The Morgan fingerprint density at radius 3 is 1.74 bits per heavy atom. The van der Waals surface area contributed by atoms with Crippen molar-refractivity contribution in [2.45, 2.75) is 122 Å². The molecular weight excluding hydrogens is 457 g/mol. The lowest BCUT2D eigenvalue weighted by Gasteiger charge is -2.21. The van der Waals surface area contributed by atoms with Gasteiger partial charge in [0.25, 0.3) is 0 Å². The van der Waals surface area contributed by atoms with E-state index in [1.54, 1.807) is 6.07 Å². The molecule has 0 heterocycles. The Morgan fingerprint density at radius 2 is 1.20 bits per heavy atom. The van der Waals surface area contributed by atoms with Crippen LogP contribution in [0.3, 0.4) is 0 Å². The highest BCUT2D eigenvalue weighted by atomic mass is 19.4. The van der Waals surface area contributed by atoms with Crippen LogP contribution in [-0.2, 0) is 19.1 Å². The number of benzene rings is 1. The monoisotopic (exact) mass is 500 g/mol. The molecule has 0 saturated heterocycles. The number of hydrogen-bond donors (Lipinski definition) is 0. The predicted octanol–water partition coefficient (Wildman–Crippen LogP) is 8.64. The van der Waals surface area contributed by atoms with Crippen LogP contribution in [0.1, 0.15) is 121 Å². The van der Waals surface area contributed by atoms with Gasteiger partial charge in [-0.2, -0.15) is 13.2 Å². The lowest BCUT2D eigenvalue weighted by atomic mass is 10.1. The molecular formula is C28H43F3O4. The molecule has 0 aliphatic heterocycles. The molecule has 0 fully saturated rings. The zero-order chi connectivity index (χ0) is 25.8. The number of ether oxygens (including phenoxy) is 2. The van der Waals surface area contributed by atoms with E-state index in [-0.39, 0.29) is 18.0 Å². The normalized spacial score (nSPS) is 12.3. The maximum absolute atomic E-state index is 13.2. The van der Waals surface area contributed by atoms with Gasteiger partial charge in [0.05, 0.1) is 6.61 Å². The predicted molar refractivity (Wildman–Crippen MR) is 132 cm³/mol. The third-order valence-corrected chi connectivity index (χ3v) is 5.92. The zero-order valence-corrected chi connectivity index (χ0v) is 21.3. The average Bonchev–Trinajstić information content (AvgIpc) is 2.83. The molecule has 4 nitrogen and oxygen atoms in total. The summed E-state index contributed by atoms with van der Waals surface area (Å²) in [6, 6.07) is 7.19. The highest BCUT2D eigenvalue weighted by Gasteiger charge is 2.43. The molecule has 0 radical (unpaired) electrons. The Hall–Kier alpha value is -2.05. The Labute approximate surface area is 209 Å². The fourth-order valence-electron chi connectivity index (χ4n) is 3.88. The summed E-state index contributed by atoms with van der Waals surface area (Å²) >= 11 is 0. The van der Waals surface area contributed by atoms with Gasteiger partial charge >= 0.3 is 18.1 Å². The fourth-order valence-corrected chi connectivity index (χ4v) is 3.88. The first-order valence-electron chi connectivity index (χ1n) is 13.3. The van der Waals surface area contributed by atoms with Crippen molar-refractivity contribution in [1.29, 1.82) is 0 Å². The summed E-state index contributed by atoms with van der Waals surface area (Å²) in [6.45, 7) is 2.72. The summed E-state index contributed by atoms with van der Waals surface area (Å²) in [5.74, 6) is -0.983. The Kier molecular flexibility index (Phi) is 17.0. The topological polar surface area (TPSA) is 52.6 Å². The van der Waals surface area contributed by atoms with Gasteiger partial charge in [-0.1, -0.05) is 108 Å². The molecule has 0 N–H and O–H groups in total. The van der Waals surface area contributed by atoms with Gasteiger partial charge in [-0.3, -0.25) is 9.59 Å². The van der Waals surface area contributed by atoms with E-state index in [9.17, 15) is 22.8 Å². The molecule has 1 aromatic carbocycles. The minimum Gasteiger partial charge on any atom is -0.466 e. The molecule has 1 atom stereocenters. The molecule has 0 saturated carbocycles. The summed E-state index contributed by atoms with van der Waals surface area (Å²) < 4.78 is 49.7. The van der Waals surface area contributed by atoms with Gasteiger partial charge < -0.3 is 9.47 Å². The summed E-state index contributed by atoms with van der Waals surface area (Å²) in [4.78, 5) is 23.7. The molecule has 35 heavy (non-hydrogen) atoms. The van der Waals surface area contributed by atoms with Gasteiger partial charge in [-0.25, -0.2) is 0 Å². The van der Waals surface area contributed by atoms with E-state index in [2.05, 4.69) is 6.92 Å². The lowest BCUT2D eigenvalue weighted by Crippen LogP contribution is -2.26. The van der Waals surface area contributed by atoms with E-state index in [0.29, 0.717) is 19.4 Å². The molecule has 1 rings (SSSR count). The summed E-state index contributed by atoms with van der Waals surface area (Å²) in [7, 11) is 0. The maximum atomic E-state index is 13.2. The van der Waals surface area contributed by atoms with Crippen molar-refractivity contribution in [3.05, 3.63) is 35.9 Å². The van der Waals surface area contributed by atoms with E-state index in [4.69, 9.17) is 9.47 Å². The smallest absolute Gasteiger partial charge is 0.429 e. The van der Waals surface area contributed by atoms with Crippen molar-refractivity contribution in [3.63, 3.8) is 0 Å². The Bertz CT molecular complexity index is 677. The molecule has 0 aliphatic rings. The van der Waals surface area contributed by atoms with E-state index in [1.165, 1.54) is 62.8 Å². The molecule has 0 spiro atoms. The van der Waals surface area contributed by atoms with Gasteiger partial charge in [-0.15, -0.1) is 0 Å².